The van der Waals surface area contributed by atoms with Crippen LogP contribution in [0.25, 0.3) is 10.9 Å². The first kappa shape index (κ1) is 12.4. The number of hydrogen-bond acceptors (Lipinski definition) is 3. The van der Waals surface area contributed by atoms with Crippen molar-refractivity contribution in [2.75, 3.05) is 17.7 Å². The lowest BCUT2D eigenvalue weighted by molar-refractivity contribution is 0.628. The van der Waals surface area contributed by atoms with Crippen molar-refractivity contribution in [2.45, 2.75) is 0 Å². The van der Waals surface area contributed by atoms with Gasteiger partial charge in [0.25, 0.3) is 0 Å². The Morgan fingerprint density at radius 3 is 2.55 bits per heavy atom. The van der Waals surface area contributed by atoms with Crippen molar-refractivity contribution in [1.29, 1.82) is 0 Å². The van der Waals surface area contributed by atoms with E-state index in [1.54, 1.807) is 18.3 Å². The number of nitrogens with zero attached hydrogens (tertiary/aromatic N) is 2. The quantitative estimate of drug-likeness (QED) is 0.719. The highest BCUT2D eigenvalue weighted by molar-refractivity contribution is 5.98. The molecule has 0 saturated heterocycles. The maximum absolute atomic E-state index is 13.0. The number of fused-ring (bicyclic) bond motifs is 1. The van der Waals surface area contributed by atoms with Crippen LogP contribution in [0.4, 0.5) is 21.5 Å². The molecule has 2 N–H and O–H groups in total. The number of halogens is 1. The molecule has 4 heteroatoms. The van der Waals surface area contributed by atoms with E-state index in [4.69, 9.17) is 5.73 Å². The summed E-state index contributed by atoms with van der Waals surface area (Å²) in [6, 6.07) is 14.0. The average molecular weight is 267 g/mol. The maximum Gasteiger partial charge on any atom is 0.123 e. The predicted octanol–water partition coefficient (Wildman–Crippen LogP) is 3.72. The van der Waals surface area contributed by atoms with Gasteiger partial charge in [-0.25, -0.2) is 4.39 Å². The number of rotatable bonds is 2. The third-order valence-corrected chi connectivity index (χ3v) is 3.38. The van der Waals surface area contributed by atoms with Crippen molar-refractivity contribution in [1.82, 2.24) is 4.98 Å². The van der Waals surface area contributed by atoms with Crippen LogP contribution in [0.3, 0.4) is 0 Å². The van der Waals surface area contributed by atoms with Gasteiger partial charge in [-0.15, -0.1) is 0 Å². The van der Waals surface area contributed by atoms with Crippen LogP contribution in [0.1, 0.15) is 0 Å². The van der Waals surface area contributed by atoms with Gasteiger partial charge in [-0.1, -0.05) is 0 Å². The number of nitrogen functional groups attached to an aromatic ring is 1. The summed E-state index contributed by atoms with van der Waals surface area (Å²) in [5.41, 5.74) is 9.51. The molecule has 0 fully saturated rings. The van der Waals surface area contributed by atoms with E-state index < -0.39 is 0 Å². The zero-order valence-electron chi connectivity index (χ0n) is 11.0. The van der Waals surface area contributed by atoms with E-state index in [2.05, 4.69) is 4.98 Å². The van der Waals surface area contributed by atoms with E-state index >= 15 is 0 Å². The van der Waals surface area contributed by atoms with Gasteiger partial charge in [-0.3, -0.25) is 4.98 Å². The number of benzene rings is 2. The lowest BCUT2D eigenvalue weighted by atomic mass is 10.1. The second-order valence-corrected chi connectivity index (χ2v) is 4.60. The molecular weight excluding hydrogens is 253 g/mol. The van der Waals surface area contributed by atoms with E-state index in [1.165, 1.54) is 12.1 Å². The number of pyridine rings is 1. The van der Waals surface area contributed by atoms with Crippen LogP contribution >= 0.6 is 0 Å². The first-order valence-electron chi connectivity index (χ1n) is 6.29. The predicted molar refractivity (Wildman–Crippen MR) is 80.6 cm³/mol. The Bertz CT molecular complexity index is 753. The molecule has 1 aromatic heterocycles. The molecule has 0 aliphatic rings. The summed E-state index contributed by atoms with van der Waals surface area (Å²) in [7, 11) is 1.90. The molecule has 0 amide bonds. The molecule has 0 unspecified atom stereocenters. The second kappa shape index (κ2) is 4.81. The minimum atomic E-state index is -0.252. The molecule has 3 aromatic rings. The first-order valence-corrected chi connectivity index (χ1v) is 6.29. The molecule has 3 nitrogen and oxygen atoms in total. The van der Waals surface area contributed by atoms with E-state index in [1.807, 2.05) is 36.2 Å². The topological polar surface area (TPSA) is 42.2 Å². The zero-order chi connectivity index (χ0) is 14.1. The summed E-state index contributed by atoms with van der Waals surface area (Å²) < 4.78 is 13.0. The Hall–Kier alpha value is -2.62. The molecule has 100 valence electrons. The minimum absolute atomic E-state index is 0.252. The van der Waals surface area contributed by atoms with Gasteiger partial charge >= 0.3 is 0 Å². The molecule has 0 aliphatic carbocycles. The normalized spacial score (nSPS) is 10.7. The number of anilines is 3. The lowest BCUT2D eigenvalue weighted by Gasteiger charge is -2.22. The Balaban J connectivity index is 2.09. The van der Waals surface area contributed by atoms with Gasteiger partial charge in [0, 0.05) is 24.3 Å². The van der Waals surface area contributed by atoms with Crippen LogP contribution in [-0.4, -0.2) is 12.0 Å². The van der Waals surface area contributed by atoms with Gasteiger partial charge in [-0.2, -0.15) is 0 Å². The summed E-state index contributed by atoms with van der Waals surface area (Å²) >= 11 is 0. The van der Waals surface area contributed by atoms with Gasteiger partial charge in [0.1, 0.15) is 5.82 Å². The summed E-state index contributed by atoms with van der Waals surface area (Å²) in [4.78, 5) is 6.21. The van der Waals surface area contributed by atoms with E-state index in [-0.39, 0.29) is 5.82 Å². The summed E-state index contributed by atoms with van der Waals surface area (Å²) in [6.07, 6.45) is 1.74. The van der Waals surface area contributed by atoms with E-state index in [0.29, 0.717) is 5.69 Å². The van der Waals surface area contributed by atoms with Crippen molar-refractivity contribution in [2.24, 2.45) is 0 Å². The Morgan fingerprint density at radius 1 is 1.05 bits per heavy atom. The van der Waals surface area contributed by atoms with Gasteiger partial charge in [0.2, 0.25) is 0 Å². The van der Waals surface area contributed by atoms with E-state index in [9.17, 15) is 4.39 Å². The molecular formula is C16H14FN3. The van der Waals surface area contributed by atoms with Gasteiger partial charge < -0.3 is 10.6 Å². The highest BCUT2D eigenvalue weighted by atomic mass is 19.1. The molecule has 1 heterocycles. The van der Waals surface area contributed by atoms with Crippen molar-refractivity contribution in [3.8, 4) is 0 Å². The molecule has 0 bridgehead atoms. The Morgan fingerprint density at radius 2 is 1.80 bits per heavy atom. The van der Waals surface area contributed by atoms with Crippen molar-refractivity contribution in [3.05, 3.63) is 60.5 Å². The number of hydrogen-bond donors (Lipinski definition) is 1. The fourth-order valence-corrected chi connectivity index (χ4v) is 2.26. The number of nitrogens with two attached hydrogens (primary N) is 1. The van der Waals surface area contributed by atoms with Gasteiger partial charge in [0.05, 0.1) is 16.9 Å². The SMILES string of the molecule is CN(c1ccc(F)cc1)c1ccc2ncccc2c1N. The fourth-order valence-electron chi connectivity index (χ4n) is 2.26. The van der Waals surface area contributed by atoms with Crippen LogP contribution < -0.4 is 10.6 Å². The minimum Gasteiger partial charge on any atom is -0.396 e. The Kier molecular flexibility index (Phi) is 2.99. The first-order chi connectivity index (χ1) is 9.66. The average Bonchev–Trinajstić information content (AvgIpc) is 2.48. The number of aromatic nitrogens is 1. The molecule has 0 atom stereocenters. The highest BCUT2D eigenvalue weighted by Crippen LogP contribution is 2.33. The van der Waals surface area contributed by atoms with Crippen LogP contribution in [-0.2, 0) is 0 Å². The fraction of sp³-hybridized carbons (Fsp3) is 0.0625. The molecule has 0 saturated carbocycles. The molecule has 0 aliphatic heterocycles. The second-order valence-electron chi connectivity index (χ2n) is 4.60. The largest absolute Gasteiger partial charge is 0.396 e. The highest BCUT2D eigenvalue weighted by Gasteiger charge is 2.10. The zero-order valence-corrected chi connectivity index (χ0v) is 11.0. The van der Waals surface area contributed by atoms with Gasteiger partial charge in [-0.05, 0) is 48.5 Å². The monoisotopic (exact) mass is 267 g/mol. The smallest absolute Gasteiger partial charge is 0.123 e. The van der Waals surface area contributed by atoms with Crippen LogP contribution in [0.15, 0.2) is 54.7 Å². The molecule has 0 radical (unpaired) electrons. The third kappa shape index (κ3) is 2.05. The van der Waals surface area contributed by atoms with Crippen LogP contribution in [0.2, 0.25) is 0 Å². The Labute approximate surface area is 116 Å². The van der Waals surface area contributed by atoms with Crippen LogP contribution in [0.5, 0.6) is 0 Å². The van der Waals surface area contributed by atoms with Crippen LogP contribution in [0, 0.1) is 5.82 Å². The lowest BCUT2D eigenvalue weighted by Crippen LogP contribution is -2.11. The standard InChI is InChI=1S/C16H14FN3/c1-20(12-6-4-11(17)5-7-12)15-9-8-14-13(16(15)18)3-2-10-19-14/h2-10H,18H2,1H3. The summed E-state index contributed by atoms with van der Waals surface area (Å²) in [5.74, 6) is -0.252. The summed E-state index contributed by atoms with van der Waals surface area (Å²) in [5, 5.41) is 0.916. The van der Waals surface area contributed by atoms with E-state index in [0.717, 1.165) is 22.3 Å². The van der Waals surface area contributed by atoms with Crippen molar-refractivity contribution < 1.29 is 4.39 Å². The molecule has 3 rings (SSSR count). The summed E-state index contributed by atoms with van der Waals surface area (Å²) in [6.45, 7) is 0. The van der Waals surface area contributed by atoms with Crippen molar-refractivity contribution >= 4 is 28.0 Å². The maximum atomic E-state index is 13.0. The van der Waals surface area contributed by atoms with Gasteiger partial charge in [0.15, 0.2) is 0 Å². The third-order valence-electron chi connectivity index (χ3n) is 3.38. The van der Waals surface area contributed by atoms with Crippen molar-refractivity contribution in [3.63, 3.8) is 0 Å². The molecule has 0 spiro atoms. The molecule has 20 heavy (non-hydrogen) atoms. The molecule has 2 aromatic carbocycles.